The molecule has 0 aromatic carbocycles. The number of hydrogen-bond donors (Lipinski definition) is 1. The average molecular weight is 278 g/mol. The summed E-state index contributed by atoms with van der Waals surface area (Å²) in [5.74, 6) is -2.69. The lowest BCUT2D eigenvalue weighted by molar-refractivity contribution is -0.201. The van der Waals surface area contributed by atoms with Crippen molar-refractivity contribution < 1.29 is 18.0 Å². The second-order valence-corrected chi connectivity index (χ2v) is 5.73. The highest BCUT2D eigenvalue weighted by Gasteiger charge is 2.49. The van der Waals surface area contributed by atoms with Crippen LogP contribution in [0.1, 0.15) is 38.5 Å². The van der Waals surface area contributed by atoms with Crippen molar-refractivity contribution in [1.29, 1.82) is 0 Å². The van der Waals surface area contributed by atoms with Crippen LogP contribution in [0.2, 0.25) is 0 Å². The molecule has 2 N–H and O–H groups in total. The summed E-state index contributed by atoms with van der Waals surface area (Å²) in [6.45, 7) is 0.952. The van der Waals surface area contributed by atoms with Crippen LogP contribution in [0.4, 0.5) is 13.2 Å². The Kier molecular flexibility index (Phi) is 4.38. The lowest BCUT2D eigenvalue weighted by atomic mass is 9.77. The minimum absolute atomic E-state index is 0.0831. The smallest absolute Gasteiger partial charge is 0.341 e. The summed E-state index contributed by atoms with van der Waals surface area (Å²) < 4.78 is 39.0. The van der Waals surface area contributed by atoms with Crippen molar-refractivity contribution in [3.8, 4) is 0 Å². The number of carbonyl (C=O) groups is 1. The minimum atomic E-state index is -4.27. The van der Waals surface area contributed by atoms with Gasteiger partial charge in [-0.2, -0.15) is 13.2 Å². The summed E-state index contributed by atoms with van der Waals surface area (Å²) in [6, 6.07) is -0.0920. The number of amides is 1. The number of rotatable bonds is 1. The van der Waals surface area contributed by atoms with Gasteiger partial charge in [-0.1, -0.05) is 12.8 Å². The summed E-state index contributed by atoms with van der Waals surface area (Å²) in [6.07, 6.45) is -0.920. The number of nitrogens with two attached hydrogens (primary N) is 1. The first-order valence-corrected chi connectivity index (χ1v) is 7.00. The molecule has 0 aromatic heterocycles. The zero-order chi connectivity index (χ0) is 14.0. The molecular formula is C13H21F3N2O. The third-order valence-electron chi connectivity index (χ3n) is 4.27. The van der Waals surface area contributed by atoms with Gasteiger partial charge in [0.25, 0.3) is 0 Å². The number of carbonyl (C=O) groups excluding carboxylic acids is 1. The molecule has 3 nitrogen and oxygen atoms in total. The van der Waals surface area contributed by atoms with Crippen molar-refractivity contribution >= 4 is 5.91 Å². The van der Waals surface area contributed by atoms with Gasteiger partial charge in [0.2, 0.25) is 5.91 Å². The van der Waals surface area contributed by atoms with Crippen LogP contribution in [-0.2, 0) is 4.79 Å². The lowest BCUT2D eigenvalue weighted by Crippen LogP contribution is -2.50. The summed E-state index contributed by atoms with van der Waals surface area (Å²) in [5.41, 5.74) is 5.80. The molecule has 0 aromatic rings. The minimum Gasteiger partial charge on any atom is -0.341 e. The first-order valence-electron chi connectivity index (χ1n) is 7.00. The van der Waals surface area contributed by atoms with Gasteiger partial charge in [0.1, 0.15) is 0 Å². The molecule has 2 aliphatic rings. The highest BCUT2D eigenvalue weighted by molar-refractivity contribution is 5.79. The molecule has 1 saturated carbocycles. The summed E-state index contributed by atoms with van der Waals surface area (Å²) in [4.78, 5) is 13.9. The van der Waals surface area contributed by atoms with Crippen LogP contribution in [0.5, 0.6) is 0 Å². The first kappa shape index (κ1) is 14.6. The van der Waals surface area contributed by atoms with E-state index in [0.717, 1.165) is 12.8 Å². The van der Waals surface area contributed by atoms with Crippen LogP contribution in [0.25, 0.3) is 0 Å². The number of alkyl halides is 3. The molecule has 110 valence electrons. The van der Waals surface area contributed by atoms with Crippen LogP contribution in [0.15, 0.2) is 0 Å². The molecule has 0 spiro atoms. The average Bonchev–Trinajstić information content (AvgIpc) is 2.37. The standard InChI is InChI=1S/C13H21F3N2O/c14-13(15,16)11-6-2-1-5-10(11)12(19)18-7-3-4-9(17)8-18/h9-11H,1-8,17H2. The molecule has 1 aliphatic heterocycles. The van der Waals surface area contributed by atoms with Gasteiger partial charge in [-0.3, -0.25) is 4.79 Å². The van der Waals surface area contributed by atoms with Crippen LogP contribution < -0.4 is 5.73 Å². The van der Waals surface area contributed by atoms with E-state index in [4.69, 9.17) is 5.73 Å². The van der Waals surface area contributed by atoms with Crippen molar-refractivity contribution in [1.82, 2.24) is 4.90 Å². The Balaban J connectivity index is 2.07. The molecule has 3 atom stereocenters. The van der Waals surface area contributed by atoms with E-state index in [9.17, 15) is 18.0 Å². The Morgan fingerprint density at radius 1 is 1.11 bits per heavy atom. The molecule has 0 bridgehead atoms. The number of likely N-dealkylation sites (tertiary alicyclic amines) is 1. The van der Waals surface area contributed by atoms with Gasteiger partial charge >= 0.3 is 6.18 Å². The molecule has 0 radical (unpaired) electrons. The SMILES string of the molecule is NC1CCCN(C(=O)C2CCCCC2C(F)(F)F)C1. The van der Waals surface area contributed by atoms with Gasteiger partial charge < -0.3 is 10.6 Å². The van der Waals surface area contributed by atoms with Gasteiger partial charge in [0, 0.05) is 25.0 Å². The molecule has 2 rings (SSSR count). The zero-order valence-corrected chi connectivity index (χ0v) is 11.0. The number of hydrogen-bond acceptors (Lipinski definition) is 2. The molecule has 3 unspecified atom stereocenters. The molecule has 1 saturated heterocycles. The fourth-order valence-electron chi connectivity index (χ4n) is 3.26. The van der Waals surface area contributed by atoms with Gasteiger partial charge in [-0.05, 0) is 25.7 Å². The van der Waals surface area contributed by atoms with Crippen LogP contribution in [-0.4, -0.2) is 36.1 Å². The monoisotopic (exact) mass is 278 g/mol. The largest absolute Gasteiger partial charge is 0.392 e. The highest BCUT2D eigenvalue weighted by atomic mass is 19.4. The molecule has 2 fully saturated rings. The van der Waals surface area contributed by atoms with E-state index in [0.29, 0.717) is 32.4 Å². The molecule has 1 heterocycles. The maximum atomic E-state index is 13.0. The van der Waals surface area contributed by atoms with Crippen molar-refractivity contribution in [3.63, 3.8) is 0 Å². The van der Waals surface area contributed by atoms with Gasteiger partial charge in [0.15, 0.2) is 0 Å². The summed E-state index contributed by atoms with van der Waals surface area (Å²) in [7, 11) is 0. The van der Waals surface area contributed by atoms with Crippen molar-refractivity contribution in [2.24, 2.45) is 17.6 Å². The Morgan fingerprint density at radius 2 is 1.79 bits per heavy atom. The van der Waals surface area contributed by atoms with Crippen molar-refractivity contribution in [3.05, 3.63) is 0 Å². The Bertz CT molecular complexity index is 332. The number of nitrogens with zero attached hydrogens (tertiary/aromatic N) is 1. The third-order valence-corrected chi connectivity index (χ3v) is 4.27. The summed E-state index contributed by atoms with van der Waals surface area (Å²) >= 11 is 0. The third kappa shape index (κ3) is 3.41. The second kappa shape index (κ2) is 5.69. The summed E-state index contributed by atoms with van der Waals surface area (Å²) in [5, 5.41) is 0. The van der Waals surface area contributed by atoms with Gasteiger partial charge in [-0.25, -0.2) is 0 Å². The Labute approximate surface area is 111 Å². The zero-order valence-electron chi connectivity index (χ0n) is 11.0. The van der Waals surface area contributed by atoms with E-state index in [-0.39, 0.29) is 18.4 Å². The quantitative estimate of drug-likeness (QED) is 0.800. The molecule has 1 aliphatic carbocycles. The Morgan fingerprint density at radius 3 is 2.42 bits per heavy atom. The lowest BCUT2D eigenvalue weighted by Gasteiger charge is -2.38. The van der Waals surface area contributed by atoms with E-state index >= 15 is 0 Å². The van der Waals surface area contributed by atoms with Gasteiger partial charge in [0.05, 0.1) is 5.92 Å². The van der Waals surface area contributed by atoms with E-state index in [1.807, 2.05) is 0 Å². The Hall–Kier alpha value is -0.780. The van der Waals surface area contributed by atoms with E-state index in [1.54, 1.807) is 4.90 Å². The normalized spacial score (nSPS) is 33.3. The fourth-order valence-corrected chi connectivity index (χ4v) is 3.26. The predicted octanol–water partition coefficient (Wildman–Crippen LogP) is 2.30. The number of halogens is 3. The molecule has 19 heavy (non-hydrogen) atoms. The van der Waals surface area contributed by atoms with Crippen molar-refractivity contribution in [2.45, 2.75) is 50.7 Å². The van der Waals surface area contributed by atoms with Crippen LogP contribution in [0, 0.1) is 11.8 Å². The second-order valence-electron chi connectivity index (χ2n) is 5.73. The molecule has 6 heteroatoms. The van der Waals surface area contributed by atoms with Crippen LogP contribution >= 0.6 is 0 Å². The highest BCUT2D eigenvalue weighted by Crippen LogP contribution is 2.42. The van der Waals surface area contributed by atoms with Crippen molar-refractivity contribution in [2.75, 3.05) is 13.1 Å². The molecular weight excluding hydrogens is 257 g/mol. The number of piperidine rings is 1. The maximum absolute atomic E-state index is 13.0. The van der Waals surface area contributed by atoms with E-state index < -0.39 is 18.0 Å². The maximum Gasteiger partial charge on any atom is 0.392 e. The fraction of sp³-hybridized carbons (Fsp3) is 0.923. The first-order chi connectivity index (χ1) is 8.89. The topological polar surface area (TPSA) is 46.3 Å². The van der Waals surface area contributed by atoms with Crippen LogP contribution in [0.3, 0.4) is 0 Å². The van der Waals surface area contributed by atoms with Gasteiger partial charge in [-0.15, -0.1) is 0 Å². The molecule has 1 amide bonds. The van der Waals surface area contributed by atoms with E-state index in [1.165, 1.54) is 0 Å². The van der Waals surface area contributed by atoms with E-state index in [2.05, 4.69) is 0 Å². The predicted molar refractivity (Wildman–Crippen MR) is 65.3 cm³/mol.